The van der Waals surface area contributed by atoms with Gasteiger partial charge in [0.05, 0.1) is 6.54 Å². The second-order valence-corrected chi connectivity index (χ2v) is 6.03. The molecule has 0 atom stereocenters. The lowest BCUT2D eigenvalue weighted by Gasteiger charge is -2.21. The van der Waals surface area contributed by atoms with Crippen LogP contribution >= 0.6 is 24.0 Å². The number of halogens is 3. The van der Waals surface area contributed by atoms with Crippen molar-refractivity contribution >= 4 is 29.9 Å². The number of hydrogen-bond acceptors (Lipinski definition) is 3. The maximum atomic E-state index is 13.4. The minimum absolute atomic E-state index is 0. The normalized spacial score (nSPS) is 11.7. The number of aliphatic imine (C=N–C) groups is 1. The van der Waals surface area contributed by atoms with Crippen LogP contribution in [0.3, 0.4) is 0 Å². The quantitative estimate of drug-likeness (QED) is 0.256. The Labute approximate surface area is 159 Å². The maximum Gasteiger partial charge on any atom is 0.191 e. The highest BCUT2D eigenvalue weighted by molar-refractivity contribution is 14.0. The molecule has 0 bridgehead atoms. The van der Waals surface area contributed by atoms with Gasteiger partial charge in [-0.25, -0.2) is 8.78 Å². The predicted octanol–water partition coefficient (Wildman–Crippen LogP) is 2.51. The lowest BCUT2D eigenvalue weighted by Crippen LogP contribution is -2.45. The van der Waals surface area contributed by atoms with Crippen molar-refractivity contribution in [1.82, 2.24) is 16.0 Å². The summed E-state index contributed by atoms with van der Waals surface area (Å²) in [5, 5.41) is 9.57. The minimum atomic E-state index is -0.708. The van der Waals surface area contributed by atoms with E-state index in [2.05, 4.69) is 41.7 Å². The third-order valence-electron chi connectivity index (χ3n) is 2.84. The van der Waals surface area contributed by atoms with E-state index >= 15 is 0 Å². The number of benzene rings is 1. The molecular weight excluding hydrogens is 429 g/mol. The minimum Gasteiger partial charge on any atom is -0.489 e. The molecule has 0 aliphatic carbocycles. The summed E-state index contributed by atoms with van der Waals surface area (Å²) in [5.41, 5.74) is 0.0751. The molecule has 0 spiro atoms. The number of hydrogen-bond donors (Lipinski definition) is 3. The van der Waals surface area contributed by atoms with E-state index in [1.807, 2.05) is 0 Å². The van der Waals surface area contributed by atoms with E-state index in [9.17, 15) is 8.78 Å². The summed E-state index contributed by atoms with van der Waals surface area (Å²) in [5.74, 6) is -0.656. The molecular formula is C16H27F2IN4O. The molecule has 1 aromatic rings. The van der Waals surface area contributed by atoms with E-state index in [1.165, 1.54) is 6.07 Å². The molecule has 1 aromatic carbocycles. The van der Waals surface area contributed by atoms with E-state index in [4.69, 9.17) is 4.74 Å². The summed E-state index contributed by atoms with van der Waals surface area (Å²) in [7, 11) is 1.67. The molecule has 0 aliphatic heterocycles. The van der Waals surface area contributed by atoms with Crippen molar-refractivity contribution in [2.45, 2.75) is 26.3 Å². The summed E-state index contributed by atoms with van der Waals surface area (Å²) >= 11 is 0. The highest BCUT2D eigenvalue weighted by Crippen LogP contribution is 2.17. The Bertz CT molecular complexity index is 521. The zero-order chi connectivity index (χ0) is 17.3. The maximum absolute atomic E-state index is 13.4. The first kappa shape index (κ1) is 22.8. The van der Waals surface area contributed by atoms with Crippen LogP contribution in [0.15, 0.2) is 23.2 Å². The molecule has 0 fully saturated rings. The first-order valence-corrected chi connectivity index (χ1v) is 7.59. The molecule has 3 N–H and O–H groups in total. The summed E-state index contributed by atoms with van der Waals surface area (Å²) < 4.78 is 31.4. The van der Waals surface area contributed by atoms with Gasteiger partial charge in [-0.2, -0.15) is 0 Å². The van der Waals surface area contributed by atoms with Crippen LogP contribution in [0.2, 0.25) is 0 Å². The summed E-state index contributed by atoms with van der Waals surface area (Å²) in [6.07, 6.45) is 0. The predicted molar refractivity (Wildman–Crippen MR) is 104 cm³/mol. The molecule has 0 heterocycles. The van der Waals surface area contributed by atoms with Crippen molar-refractivity contribution in [1.29, 1.82) is 0 Å². The van der Waals surface area contributed by atoms with Gasteiger partial charge in [0.2, 0.25) is 0 Å². The molecule has 0 aliphatic rings. The summed E-state index contributed by atoms with van der Waals surface area (Å²) in [6, 6.07) is 3.23. The fourth-order valence-corrected chi connectivity index (χ4v) is 1.76. The topological polar surface area (TPSA) is 57.7 Å². The Kier molecular flexibility index (Phi) is 10.9. The largest absolute Gasteiger partial charge is 0.489 e. The van der Waals surface area contributed by atoms with Crippen LogP contribution in [0.1, 0.15) is 20.8 Å². The molecule has 24 heavy (non-hydrogen) atoms. The summed E-state index contributed by atoms with van der Waals surface area (Å²) in [4.78, 5) is 4.08. The average Bonchev–Trinajstić information content (AvgIpc) is 2.46. The second kappa shape index (κ2) is 11.4. The molecule has 0 amide bonds. The van der Waals surface area contributed by atoms with Gasteiger partial charge >= 0.3 is 0 Å². The van der Waals surface area contributed by atoms with Crippen LogP contribution in [0, 0.1) is 11.6 Å². The van der Waals surface area contributed by atoms with Gasteiger partial charge in [0.1, 0.15) is 12.4 Å². The van der Waals surface area contributed by atoms with Crippen molar-refractivity contribution < 1.29 is 13.5 Å². The zero-order valence-electron chi connectivity index (χ0n) is 14.6. The Morgan fingerprint density at radius 2 is 1.79 bits per heavy atom. The highest BCUT2D eigenvalue weighted by atomic mass is 127. The van der Waals surface area contributed by atoms with Crippen molar-refractivity contribution in [2.24, 2.45) is 4.99 Å². The molecule has 0 aromatic heterocycles. The third-order valence-corrected chi connectivity index (χ3v) is 2.84. The Balaban J connectivity index is 0.00000529. The van der Waals surface area contributed by atoms with Gasteiger partial charge in [0, 0.05) is 31.7 Å². The third kappa shape index (κ3) is 9.86. The number of ether oxygens (including phenoxy) is 1. The number of guanidine groups is 1. The van der Waals surface area contributed by atoms with E-state index in [-0.39, 0.29) is 41.9 Å². The highest BCUT2D eigenvalue weighted by Gasteiger charge is 2.07. The smallest absolute Gasteiger partial charge is 0.191 e. The Morgan fingerprint density at radius 3 is 2.38 bits per heavy atom. The van der Waals surface area contributed by atoms with Crippen molar-refractivity contribution in [3.05, 3.63) is 29.8 Å². The summed E-state index contributed by atoms with van der Waals surface area (Å²) in [6.45, 7) is 8.53. The number of nitrogens with one attached hydrogen (secondary N) is 3. The van der Waals surface area contributed by atoms with E-state index < -0.39 is 11.6 Å². The SMILES string of the molecule is CN=C(NCCNC(C)(C)C)NCCOc1ccc(F)cc1F.I. The molecule has 1 rings (SSSR count). The van der Waals surface area contributed by atoms with Gasteiger partial charge < -0.3 is 20.7 Å². The van der Waals surface area contributed by atoms with Crippen LogP contribution in [0.4, 0.5) is 8.78 Å². The molecule has 0 radical (unpaired) electrons. The zero-order valence-corrected chi connectivity index (χ0v) is 16.9. The van der Waals surface area contributed by atoms with Gasteiger partial charge in [-0.3, -0.25) is 4.99 Å². The first-order valence-electron chi connectivity index (χ1n) is 7.59. The van der Waals surface area contributed by atoms with E-state index in [0.717, 1.165) is 25.2 Å². The molecule has 8 heteroatoms. The van der Waals surface area contributed by atoms with E-state index in [1.54, 1.807) is 7.05 Å². The van der Waals surface area contributed by atoms with Crippen LogP contribution in [0.25, 0.3) is 0 Å². The van der Waals surface area contributed by atoms with Gasteiger partial charge in [-0.1, -0.05) is 0 Å². The number of rotatable bonds is 7. The average molecular weight is 456 g/mol. The molecule has 0 saturated carbocycles. The van der Waals surface area contributed by atoms with Crippen molar-refractivity contribution in [3.8, 4) is 5.75 Å². The van der Waals surface area contributed by atoms with Gasteiger partial charge in [-0.05, 0) is 32.9 Å². The molecule has 138 valence electrons. The lowest BCUT2D eigenvalue weighted by molar-refractivity contribution is 0.304. The molecule has 5 nitrogen and oxygen atoms in total. The Hall–Kier alpha value is -1.16. The van der Waals surface area contributed by atoms with Gasteiger partial charge in [-0.15, -0.1) is 24.0 Å². The van der Waals surface area contributed by atoms with Gasteiger partial charge in [0.15, 0.2) is 17.5 Å². The number of nitrogens with zero attached hydrogens (tertiary/aromatic N) is 1. The Morgan fingerprint density at radius 1 is 1.12 bits per heavy atom. The van der Waals surface area contributed by atoms with Crippen LogP contribution in [-0.2, 0) is 0 Å². The second-order valence-electron chi connectivity index (χ2n) is 6.03. The first-order chi connectivity index (χ1) is 10.8. The standard InChI is InChI=1S/C16H26F2N4O.HI/c1-16(2,3)22-8-7-20-15(19-4)21-9-10-23-14-6-5-12(17)11-13(14)18;/h5-6,11,22H,7-10H2,1-4H3,(H2,19,20,21);1H. The van der Waals surface area contributed by atoms with E-state index in [0.29, 0.717) is 12.5 Å². The monoisotopic (exact) mass is 456 g/mol. The van der Waals surface area contributed by atoms with Crippen LogP contribution in [-0.4, -0.2) is 44.8 Å². The van der Waals surface area contributed by atoms with Crippen molar-refractivity contribution in [3.63, 3.8) is 0 Å². The molecule has 0 saturated heterocycles. The lowest BCUT2D eigenvalue weighted by atomic mass is 10.1. The molecule has 0 unspecified atom stereocenters. The van der Waals surface area contributed by atoms with Crippen LogP contribution < -0.4 is 20.7 Å². The fourth-order valence-electron chi connectivity index (χ4n) is 1.76. The fraction of sp³-hybridized carbons (Fsp3) is 0.562. The van der Waals surface area contributed by atoms with Crippen molar-refractivity contribution in [2.75, 3.05) is 33.3 Å². The van der Waals surface area contributed by atoms with Gasteiger partial charge in [0.25, 0.3) is 0 Å². The van der Waals surface area contributed by atoms with Crippen LogP contribution in [0.5, 0.6) is 5.75 Å².